The van der Waals surface area contributed by atoms with Gasteiger partial charge in [0.05, 0.1) is 6.10 Å². The molecule has 3 aliphatic rings. The monoisotopic (exact) mass is 433 g/mol. The molecule has 3 fully saturated rings. The smallest absolute Gasteiger partial charge is 0.225 e. The Balaban J connectivity index is 1.45. The largest absolute Gasteiger partial charge is 0.487 e. The third kappa shape index (κ3) is 4.75. The number of aliphatic hydroxyl groups is 1. The lowest BCUT2D eigenvalue weighted by molar-refractivity contribution is -0.140. The number of carbonyl (C=O) groups is 1. The van der Waals surface area contributed by atoms with E-state index < -0.39 is 11.7 Å². The van der Waals surface area contributed by atoms with Gasteiger partial charge in [0.25, 0.3) is 0 Å². The second-order valence-corrected chi connectivity index (χ2v) is 9.53. The van der Waals surface area contributed by atoms with Gasteiger partial charge in [-0.25, -0.2) is 0 Å². The second kappa shape index (κ2) is 9.11. The Kier molecular flexibility index (Phi) is 6.43. The summed E-state index contributed by atoms with van der Waals surface area (Å²) in [5.41, 5.74) is 4.67. The molecule has 1 amide bonds. The van der Waals surface area contributed by atoms with Crippen molar-refractivity contribution in [1.29, 1.82) is 0 Å². The maximum atomic E-state index is 12.4. The standard InChI is InChI=1S/C28H35NO3/c1-5-22(17-24-9-7-6-8-19(24)2)20(3)16-25-21(4)32-28(18-26(25)30)12-14-29(15-13-28)27(31)23-10-11-23/h6-9,16-17,23,26,30H,3-5,10-15,18H2,1-2H3/b22-17+,25-16+. The Labute approximate surface area is 192 Å². The fourth-order valence-electron chi connectivity index (χ4n) is 4.85. The molecule has 1 atom stereocenters. The topological polar surface area (TPSA) is 49.8 Å². The highest BCUT2D eigenvalue weighted by Crippen LogP contribution is 2.42. The molecule has 1 aliphatic carbocycles. The number of allylic oxidation sites excluding steroid dienone is 3. The van der Waals surface area contributed by atoms with Gasteiger partial charge in [-0.3, -0.25) is 4.79 Å². The summed E-state index contributed by atoms with van der Waals surface area (Å²) < 4.78 is 6.33. The van der Waals surface area contributed by atoms with Crippen LogP contribution in [0, 0.1) is 12.8 Å². The molecule has 1 N–H and O–H groups in total. The third-order valence-electron chi connectivity index (χ3n) is 7.14. The van der Waals surface area contributed by atoms with Crippen molar-refractivity contribution in [2.24, 2.45) is 5.92 Å². The molecule has 4 heteroatoms. The molecule has 1 spiro atoms. The first-order valence-corrected chi connectivity index (χ1v) is 11.8. The molecule has 1 aromatic rings. The molecular weight excluding hydrogens is 398 g/mol. The van der Waals surface area contributed by atoms with Crippen LogP contribution >= 0.6 is 0 Å². The first-order chi connectivity index (χ1) is 15.3. The first kappa shape index (κ1) is 22.6. The van der Waals surface area contributed by atoms with Crippen LogP contribution < -0.4 is 0 Å². The minimum atomic E-state index is -0.643. The zero-order valence-corrected chi connectivity index (χ0v) is 19.4. The highest BCUT2D eigenvalue weighted by atomic mass is 16.5. The third-order valence-corrected chi connectivity index (χ3v) is 7.14. The minimum absolute atomic E-state index is 0.248. The number of hydrogen-bond donors (Lipinski definition) is 1. The van der Waals surface area contributed by atoms with Crippen molar-refractivity contribution in [1.82, 2.24) is 4.90 Å². The number of carbonyl (C=O) groups excluding carboxylic acids is 1. The molecule has 170 valence electrons. The van der Waals surface area contributed by atoms with Crippen molar-refractivity contribution in [2.75, 3.05) is 13.1 Å². The normalized spacial score (nSPS) is 24.5. The number of nitrogens with zero attached hydrogens (tertiary/aromatic N) is 1. The van der Waals surface area contributed by atoms with Crippen LogP contribution in [0.25, 0.3) is 6.08 Å². The SMILES string of the molecule is C=C1OC2(CCN(C(=O)C3CC3)CC2)CC(O)/C1=C/C(=C)/C(=C/c1ccccc1C)CC. The highest BCUT2D eigenvalue weighted by molar-refractivity contribution is 5.81. The summed E-state index contributed by atoms with van der Waals surface area (Å²) in [5.74, 6) is 1.07. The molecule has 1 saturated carbocycles. The van der Waals surface area contributed by atoms with E-state index in [1.165, 1.54) is 11.1 Å². The van der Waals surface area contributed by atoms with Crippen molar-refractivity contribution in [2.45, 2.75) is 64.1 Å². The Morgan fingerprint density at radius 3 is 2.56 bits per heavy atom. The van der Waals surface area contributed by atoms with Gasteiger partial charge in [0, 0.05) is 43.8 Å². The average Bonchev–Trinajstić information content (AvgIpc) is 3.61. The van der Waals surface area contributed by atoms with Crippen LogP contribution in [0.2, 0.25) is 0 Å². The molecule has 0 bridgehead atoms. The van der Waals surface area contributed by atoms with E-state index in [1.54, 1.807) is 0 Å². The molecule has 1 unspecified atom stereocenters. The summed E-state index contributed by atoms with van der Waals surface area (Å²) in [6.07, 6.45) is 8.36. The van der Waals surface area contributed by atoms with Crippen LogP contribution in [-0.2, 0) is 9.53 Å². The molecule has 4 rings (SSSR count). The van der Waals surface area contributed by atoms with Crippen molar-refractivity contribution in [3.05, 3.63) is 77.1 Å². The number of piperidine rings is 1. The van der Waals surface area contributed by atoms with Crippen LogP contribution in [0.3, 0.4) is 0 Å². The van der Waals surface area contributed by atoms with Gasteiger partial charge < -0.3 is 14.7 Å². The molecule has 0 aromatic heterocycles. The molecule has 2 saturated heterocycles. The fraction of sp³-hybridized carbons (Fsp3) is 0.464. The number of ether oxygens (including phenoxy) is 1. The molecule has 32 heavy (non-hydrogen) atoms. The van der Waals surface area contributed by atoms with Crippen LogP contribution in [0.4, 0.5) is 0 Å². The van der Waals surface area contributed by atoms with Gasteiger partial charge >= 0.3 is 0 Å². The van der Waals surface area contributed by atoms with Gasteiger partial charge in [0.1, 0.15) is 11.4 Å². The van der Waals surface area contributed by atoms with Crippen LogP contribution in [0.15, 0.2) is 66.0 Å². The Morgan fingerprint density at radius 2 is 1.97 bits per heavy atom. The zero-order chi connectivity index (χ0) is 22.9. The average molecular weight is 434 g/mol. The van der Waals surface area contributed by atoms with Crippen LogP contribution in [0.5, 0.6) is 0 Å². The van der Waals surface area contributed by atoms with Crippen LogP contribution in [-0.4, -0.2) is 40.7 Å². The number of likely N-dealkylation sites (tertiary alicyclic amines) is 1. The lowest BCUT2D eigenvalue weighted by Crippen LogP contribution is -2.52. The summed E-state index contributed by atoms with van der Waals surface area (Å²) in [4.78, 5) is 14.3. The highest BCUT2D eigenvalue weighted by Gasteiger charge is 2.45. The summed E-state index contributed by atoms with van der Waals surface area (Å²) in [5, 5.41) is 11.0. The van der Waals surface area contributed by atoms with Gasteiger partial charge in [-0.1, -0.05) is 50.4 Å². The molecule has 2 heterocycles. The molecule has 2 aliphatic heterocycles. The van der Waals surface area contributed by atoms with Crippen molar-refractivity contribution >= 4 is 12.0 Å². The second-order valence-electron chi connectivity index (χ2n) is 9.53. The van der Waals surface area contributed by atoms with E-state index in [9.17, 15) is 9.90 Å². The maximum absolute atomic E-state index is 12.4. The van der Waals surface area contributed by atoms with E-state index in [4.69, 9.17) is 4.74 Å². The summed E-state index contributed by atoms with van der Waals surface area (Å²) in [6, 6.07) is 8.28. The number of aryl methyl sites for hydroxylation is 1. The van der Waals surface area contributed by atoms with Crippen molar-refractivity contribution in [3.63, 3.8) is 0 Å². The van der Waals surface area contributed by atoms with E-state index in [0.717, 1.165) is 43.3 Å². The van der Waals surface area contributed by atoms with Crippen molar-refractivity contribution < 1.29 is 14.6 Å². The number of rotatable bonds is 5. The van der Waals surface area contributed by atoms with Crippen molar-refractivity contribution in [3.8, 4) is 0 Å². The van der Waals surface area contributed by atoms with Gasteiger partial charge in [0.15, 0.2) is 0 Å². The number of amides is 1. The van der Waals surface area contributed by atoms with E-state index in [2.05, 4.69) is 45.2 Å². The predicted octanol–water partition coefficient (Wildman–Crippen LogP) is 5.34. The number of benzene rings is 1. The molecular formula is C28H35NO3. The Morgan fingerprint density at radius 1 is 1.28 bits per heavy atom. The summed E-state index contributed by atoms with van der Waals surface area (Å²) >= 11 is 0. The summed E-state index contributed by atoms with van der Waals surface area (Å²) in [6.45, 7) is 14.0. The quantitative estimate of drug-likeness (QED) is 0.638. The zero-order valence-electron chi connectivity index (χ0n) is 19.4. The number of aliphatic hydroxyl groups excluding tert-OH is 1. The van der Waals surface area contributed by atoms with Gasteiger partial charge in [-0.05, 0) is 54.5 Å². The van der Waals surface area contributed by atoms with E-state index in [1.807, 2.05) is 23.1 Å². The minimum Gasteiger partial charge on any atom is -0.487 e. The van der Waals surface area contributed by atoms with E-state index in [-0.39, 0.29) is 5.92 Å². The first-order valence-electron chi connectivity index (χ1n) is 11.8. The molecule has 1 aromatic carbocycles. The predicted molar refractivity (Wildman–Crippen MR) is 129 cm³/mol. The summed E-state index contributed by atoms with van der Waals surface area (Å²) in [7, 11) is 0. The Bertz CT molecular complexity index is 974. The van der Waals surface area contributed by atoms with E-state index in [0.29, 0.717) is 36.7 Å². The van der Waals surface area contributed by atoms with Crippen LogP contribution in [0.1, 0.15) is 56.6 Å². The van der Waals surface area contributed by atoms with E-state index >= 15 is 0 Å². The Hall–Kier alpha value is -2.59. The van der Waals surface area contributed by atoms with Gasteiger partial charge in [-0.2, -0.15) is 0 Å². The maximum Gasteiger partial charge on any atom is 0.225 e. The molecule has 0 radical (unpaired) electrons. The van der Waals surface area contributed by atoms with Gasteiger partial charge in [-0.15, -0.1) is 0 Å². The molecule has 4 nitrogen and oxygen atoms in total. The number of hydrogen-bond acceptors (Lipinski definition) is 3. The lowest BCUT2D eigenvalue weighted by atomic mass is 9.80. The fourth-order valence-corrected chi connectivity index (χ4v) is 4.85. The lowest BCUT2D eigenvalue weighted by Gasteiger charge is -2.46. The van der Waals surface area contributed by atoms with Gasteiger partial charge in [0.2, 0.25) is 5.91 Å².